The number of hydrazone groups is 1. The number of methoxy groups -OCH3 is 1. The van der Waals surface area contributed by atoms with Gasteiger partial charge in [-0.1, -0.05) is 6.07 Å². The average molecular weight is 291 g/mol. The second kappa shape index (κ2) is 8.40. The summed E-state index contributed by atoms with van der Waals surface area (Å²) >= 11 is 0. The first-order valence-corrected chi connectivity index (χ1v) is 4.09. The molecule has 1 rings (SSSR count). The number of phenolic OH excluding ortho intramolecular Hbond substituents is 1. The van der Waals surface area contributed by atoms with E-state index in [1.54, 1.807) is 18.2 Å². The molecule has 99 valence electrons. The van der Waals surface area contributed by atoms with Gasteiger partial charge in [0.1, 0.15) is 0 Å². The van der Waals surface area contributed by atoms with Crippen LogP contribution in [-0.2, 0) is 17.1 Å². The minimum Gasteiger partial charge on any atom is -0.504 e. The number of phenols is 1. The minimum atomic E-state index is -0.770. The van der Waals surface area contributed by atoms with E-state index in [0.717, 1.165) is 0 Å². The largest absolute Gasteiger partial charge is 0.504 e. The number of primary amides is 1. The third-order valence-corrected chi connectivity index (χ3v) is 1.63. The monoisotopic (exact) mass is 290 g/mol. The second-order valence-electron chi connectivity index (χ2n) is 2.63. The molecular formula is C9H13CuN3O4. The van der Waals surface area contributed by atoms with Crippen molar-refractivity contribution in [1.29, 1.82) is 0 Å². The van der Waals surface area contributed by atoms with Gasteiger partial charge in [-0.15, -0.1) is 0 Å². The Morgan fingerprint density at radius 1 is 1.59 bits per heavy atom. The summed E-state index contributed by atoms with van der Waals surface area (Å²) in [5.74, 6) is 0.285. The number of hydrogen-bond donors (Lipinski definition) is 3. The van der Waals surface area contributed by atoms with Gasteiger partial charge >= 0.3 is 6.03 Å². The van der Waals surface area contributed by atoms with Crippen molar-refractivity contribution in [2.24, 2.45) is 10.8 Å². The maximum atomic E-state index is 10.3. The Kier molecular flexibility index (Phi) is 8.71. The van der Waals surface area contributed by atoms with E-state index in [9.17, 15) is 9.90 Å². The summed E-state index contributed by atoms with van der Waals surface area (Å²) in [5.41, 5.74) is 7.23. The second-order valence-corrected chi connectivity index (χ2v) is 2.63. The van der Waals surface area contributed by atoms with E-state index in [1.165, 1.54) is 13.3 Å². The fourth-order valence-electron chi connectivity index (χ4n) is 0.974. The molecule has 0 unspecified atom stereocenters. The van der Waals surface area contributed by atoms with Gasteiger partial charge in [-0.25, -0.2) is 10.2 Å². The molecule has 0 fully saturated rings. The first kappa shape index (κ1) is 17.6. The normalized spacial score (nSPS) is 9.00. The van der Waals surface area contributed by atoms with Gasteiger partial charge in [0.2, 0.25) is 0 Å². The van der Waals surface area contributed by atoms with Gasteiger partial charge in [0.05, 0.1) is 13.3 Å². The van der Waals surface area contributed by atoms with E-state index < -0.39 is 6.03 Å². The minimum absolute atomic E-state index is 0. The molecule has 0 saturated heterocycles. The third-order valence-electron chi connectivity index (χ3n) is 1.63. The number of nitrogens with zero attached hydrogens (tertiary/aromatic N) is 1. The number of aromatic hydroxyl groups is 1. The quantitative estimate of drug-likeness (QED) is 0.397. The summed E-state index contributed by atoms with van der Waals surface area (Å²) in [6.45, 7) is 0. The molecule has 1 aromatic carbocycles. The molecule has 0 saturated carbocycles. The molecule has 0 spiro atoms. The van der Waals surface area contributed by atoms with Crippen molar-refractivity contribution in [3.8, 4) is 11.5 Å². The third kappa shape index (κ3) is 5.21. The van der Waals surface area contributed by atoms with Crippen LogP contribution in [0.3, 0.4) is 0 Å². The fraction of sp³-hybridized carbons (Fsp3) is 0.111. The van der Waals surface area contributed by atoms with Gasteiger partial charge in [0.15, 0.2) is 11.5 Å². The van der Waals surface area contributed by atoms with Crippen molar-refractivity contribution in [3.05, 3.63) is 23.8 Å². The topological polar surface area (TPSA) is 128 Å². The molecule has 6 N–H and O–H groups in total. The number of amides is 2. The molecule has 0 bridgehead atoms. The van der Waals surface area contributed by atoms with E-state index in [-0.39, 0.29) is 28.3 Å². The Hall–Kier alpha value is -1.76. The van der Waals surface area contributed by atoms with Crippen LogP contribution in [0.5, 0.6) is 11.5 Å². The van der Waals surface area contributed by atoms with Crippen LogP contribution < -0.4 is 15.9 Å². The number of para-hydroxylation sites is 1. The number of nitrogens with one attached hydrogen (secondary N) is 1. The maximum Gasteiger partial charge on any atom is 0.332 e. The zero-order valence-corrected chi connectivity index (χ0v) is 9.84. The number of urea groups is 1. The van der Waals surface area contributed by atoms with E-state index in [2.05, 4.69) is 5.10 Å². The van der Waals surface area contributed by atoms with Gasteiger partial charge in [-0.3, -0.25) is 0 Å². The molecule has 0 aliphatic rings. The summed E-state index contributed by atoms with van der Waals surface area (Å²) in [6.07, 6.45) is 1.27. The molecule has 7 nitrogen and oxygen atoms in total. The van der Waals surface area contributed by atoms with Crippen molar-refractivity contribution in [3.63, 3.8) is 0 Å². The molecule has 0 aromatic heterocycles. The Labute approximate surface area is 108 Å². The van der Waals surface area contributed by atoms with Crippen LogP contribution in [0, 0.1) is 0 Å². The number of hydrogen-bond acceptors (Lipinski definition) is 4. The van der Waals surface area contributed by atoms with Crippen molar-refractivity contribution in [1.82, 2.24) is 5.43 Å². The van der Waals surface area contributed by atoms with Crippen LogP contribution in [0.15, 0.2) is 23.3 Å². The Bertz CT molecular complexity index is 398. The van der Waals surface area contributed by atoms with Crippen LogP contribution >= 0.6 is 0 Å². The van der Waals surface area contributed by atoms with Gasteiger partial charge < -0.3 is 21.1 Å². The number of carbonyl (C=O) groups is 1. The Balaban J connectivity index is 0. The molecule has 8 heteroatoms. The van der Waals surface area contributed by atoms with Crippen molar-refractivity contribution < 1.29 is 37.2 Å². The first-order valence-electron chi connectivity index (χ1n) is 4.09. The van der Waals surface area contributed by atoms with E-state index in [0.29, 0.717) is 11.3 Å². The summed E-state index contributed by atoms with van der Waals surface area (Å²) in [7, 11) is 1.44. The van der Waals surface area contributed by atoms with Gasteiger partial charge in [-0.2, -0.15) is 5.10 Å². The maximum absolute atomic E-state index is 10.3. The van der Waals surface area contributed by atoms with Crippen LogP contribution in [0.4, 0.5) is 4.79 Å². The number of rotatable bonds is 3. The van der Waals surface area contributed by atoms with E-state index >= 15 is 0 Å². The van der Waals surface area contributed by atoms with Crippen LogP contribution in [0.25, 0.3) is 0 Å². The predicted octanol–water partition coefficient (Wildman–Crippen LogP) is -0.424. The SMILES string of the molecule is COc1cccc(/C=N/NC(N)=O)c1O.O.[Cu]. The number of benzene rings is 1. The fourth-order valence-corrected chi connectivity index (χ4v) is 0.974. The van der Waals surface area contributed by atoms with Crippen LogP contribution in [0.2, 0.25) is 0 Å². The molecule has 0 heterocycles. The van der Waals surface area contributed by atoms with Gasteiger partial charge in [0.25, 0.3) is 0 Å². The van der Waals surface area contributed by atoms with Crippen LogP contribution in [0.1, 0.15) is 5.56 Å². The Morgan fingerprint density at radius 3 is 2.76 bits per heavy atom. The first-order chi connectivity index (χ1) is 7.15. The standard InChI is InChI=1S/C9H11N3O3.Cu.H2O/c1-15-7-4-2-3-6(8(7)13)5-11-12-9(10)14;;/h2-5,13H,1H3,(H3,10,12,14);;1H2/b11-5+;;. The summed E-state index contributed by atoms with van der Waals surface area (Å²) in [5, 5.41) is 13.1. The number of nitrogens with two attached hydrogens (primary N) is 1. The molecule has 0 aliphatic carbocycles. The smallest absolute Gasteiger partial charge is 0.332 e. The molecule has 1 radical (unpaired) electrons. The van der Waals surface area contributed by atoms with Crippen molar-refractivity contribution in [2.45, 2.75) is 0 Å². The zero-order valence-electron chi connectivity index (χ0n) is 8.90. The molecule has 17 heavy (non-hydrogen) atoms. The van der Waals surface area contributed by atoms with Crippen molar-refractivity contribution in [2.75, 3.05) is 7.11 Å². The summed E-state index contributed by atoms with van der Waals surface area (Å²) in [6, 6.07) is 4.14. The van der Waals surface area contributed by atoms with Crippen LogP contribution in [-0.4, -0.2) is 29.9 Å². The number of ether oxygens (including phenoxy) is 1. The van der Waals surface area contributed by atoms with E-state index in [1.807, 2.05) is 5.43 Å². The molecule has 2 amide bonds. The number of carbonyl (C=O) groups excluding carboxylic acids is 1. The zero-order chi connectivity index (χ0) is 11.3. The van der Waals surface area contributed by atoms with E-state index in [4.69, 9.17) is 10.5 Å². The average Bonchev–Trinajstić information content (AvgIpc) is 2.20. The van der Waals surface area contributed by atoms with Gasteiger partial charge in [0, 0.05) is 22.6 Å². The summed E-state index contributed by atoms with van der Waals surface area (Å²) < 4.78 is 4.89. The molecule has 0 atom stereocenters. The van der Waals surface area contributed by atoms with Crippen molar-refractivity contribution >= 4 is 12.2 Å². The molecular weight excluding hydrogens is 278 g/mol. The Morgan fingerprint density at radius 2 is 2.24 bits per heavy atom. The predicted molar refractivity (Wildman–Crippen MR) is 58.6 cm³/mol. The molecule has 0 aliphatic heterocycles. The van der Waals surface area contributed by atoms with Gasteiger partial charge in [-0.05, 0) is 12.1 Å². The summed E-state index contributed by atoms with van der Waals surface area (Å²) in [4.78, 5) is 10.3. The molecule has 1 aromatic rings.